The molecule has 5 rings (SSSR count). The molecule has 0 atom stereocenters. The third-order valence-corrected chi connectivity index (χ3v) is 6.19. The summed E-state index contributed by atoms with van der Waals surface area (Å²) < 4.78 is 8.94. The summed E-state index contributed by atoms with van der Waals surface area (Å²) >= 11 is 1.53. The van der Waals surface area contributed by atoms with E-state index in [9.17, 15) is 9.59 Å². The lowest BCUT2D eigenvalue weighted by Gasteiger charge is -2.39. The van der Waals surface area contributed by atoms with E-state index in [4.69, 9.17) is 4.74 Å². The SMILES string of the molecule is Cn1cc(C(=O)N2CC(n3cc(COc4ccccc4)nn3)C2)c(-c2ccsc2)cc1=O. The highest BCUT2D eigenvalue weighted by molar-refractivity contribution is 7.08. The lowest BCUT2D eigenvalue weighted by Crippen LogP contribution is -2.51. The first kappa shape index (κ1) is 20.2. The molecule has 4 aromatic rings. The predicted octanol–water partition coefficient (Wildman–Crippen LogP) is 2.98. The monoisotopic (exact) mass is 447 g/mol. The Hall–Kier alpha value is -3.72. The minimum absolute atomic E-state index is 0.0639. The number of likely N-dealkylation sites (tertiary alicyclic amines) is 1. The number of ether oxygens (including phenoxy) is 1. The van der Waals surface area contributed by atoms with Gasteiger partial charge in [-0.15, -0.1) is 5.10 Å². The second-order valence-electron chi connectivity index (χ2n) is 7.72. The zero-order chi connectivity index (χ0) is 22.1. The number of hydrogen-bond acceptors (Lipinski definition) is 6. The number of aromatic nitrogens is 4. The Balaban J connectivity index is 1.25. The van der Waals surface area contributed by atoms with Crippen LogP contribution in [0.5, 0.6) is 5.75 Å². The average molecular weight is 448 g/mol. The van der Waals surface area contributed by atoms with Crippen LogP contribution in [0.4, 0.5) is 0 Å². The molecule has 0 bridgehead atoms. The number of para-hydroxylation sites is 1. The second-order valence-corrected chi connectivity index (χ2v) is 8.50. The Bertz CT molecular complexity index is 1290. The molecule has 0 unspecified atom stereocenters. The van der Waals surface area contributed by atoms with Crippen LogP contribution in [-0.2, 0) is 13.7 Å². The molecule has 1 aromatic carbocycles. The normalized spacial score (nSPS) is 13.7. The number of hydrogen-bond donors (Lipinski definition) is 0. The van der Waals surface area contributed by atoms with Crippen molar-refractivity contribution in [2.45, 2.75) is 12.6 Å². The number of rotatable bonds is 6. The van der Waals surface area contributed by atoms with Crippen LogP contribution in [0.25, 0.3) is 11.1 Å². The van der Waals surface area contributed by atoms with E-state index < -0.39 is 0 Å². The summed E-state index contributed by atoms with van der Waals surface area (Å²) in [5.74, 6) is 0.687. The van der Waals surface area contributed by atoms with Crippen LogP contribution in [0.3, 0.4) is 0 Å². The van der Waals surface area contributed by atoms with Gasteiger partial charge in [0.05, 0.1) is 17.8 Å². The van der Waals surface area contributed by atoms with Crippen molar-refractivity contribution in [3.05, 3.63) is 87.2 Å². The maximum Gasteiger partial charge on any atom is 0.256 e. The van der Waals surface area contributed by atoms with Crippen LogP contribution in [0.1, 0.15) is 22.1 Å². The molecule has 1 fully saturated rings. The van der Waals surface area contributed by atoms with Gasteiger partial charge in [0, 0.05) is 38.0 Å². The van der Waals surface area contributed by atoms with Gasteiger partial charge in [0.2, 0.25) is 0 Å². The lowest BCUT2D eigenvalue weighted by molar-refractivity contribution is 0.0498. The van der Waals surface area contributed by atoms with E-state index in [1.54, 1.807) is 22.8 Å². The molecule has 1 amide bonds. The Labute approximate surface area is 188 Å². The molecule has 1 saturated heterocycles. The van der Waals surface area contributed by atoms with Crippen LogP contribution in [0.2, 0.25) is 0 Å². The fourth-order valence-corrected chi connectivity index (χ4v) is 4.30. The largest absolute Gasteiger partial charge is 0.487 e. The van der Waals surface area contributed by atoms with Crippen LogP contribution in [0, 0.1) is 0 Å². The van der Waals surface area contributed by atoms with Gasteiger partial charge in [0.15, 0.2) is 0 Å². The van der Waals surface area contributed by atoms with E-state index in [0.717, 1.165) is 17.0 Å². The highest BCUT2D eigenvalue weighted by Gasteiger charge is 2.34. The molecular weight excluding hydrogens is 426 g/mol. The van der Waals surface area contributed by atoms with Crippen molar-refractivity contribution in [3.63, 3.8) is 0 Å². The lowest BCUT2D eigenvalue weighted by atomic mass is 10.0. The minimum Gasteiger partial charge on any atom is -0.487 e. The maximum atomic E-state index is 13.2. The zero-order valence-corrected chi connectivity index (χ0v) is 18.2. The van der Waals surface area contributed by atoms with Crippen molar-refractivity contribution >= 4 is 17.2 Å². The molecule has 9 heteroatoms. The van der Waals surface area contributed by atoms with Crippen molar-refractivity contribution in [3.8, 4) is 16.9 Å². The highest BCUT2D eigenvalue weighted by atomic mass is 32.1. The summed E-state index contributed by atoms with van der Waals surface area (Å²) in [5.41, 5.74) is 2.67. The van der Waals surface area contributed by atoms with Crippen molar-refractivity contribution in [1.82, 2.24) is 24.5 Å². The van der Waals surface area contributed by atoms with Crippen LogP contribution >= 0.6 is 11.3 Å². The van der Waals surface area contributed by atoms with Gasteiger partial charge in [-0.1, -0.05) is 23.4 Å². The van der Waals surface area contributed by atoms with Crippen LogP contribution in [-0.4, -0.2) is 43.5 Å². The molecule has 0 radical (unpaired) electrons. The highest BCUT2D eigenvalue weighted by Crippen LogP contribution is 2.29. The molecule has 8 nitrogen and oxygen atoms in total. The summed E-state index contributed by atoms with van der Waals surface area (Å²) in [4.78, 5) is 27.1. The third kappa shape index (κ3) is 3.94. The first-order chi connectivity index (χ1) is 15.6. The number of nitrogens with zero attached hydrogens (tertiary/aromatic N) is 5. The summed E-state index contributed by atoms with van der Waals surface area (Å²) in [7, 11) is 1.66. The molecular formula is C23H21N5O3S. The van der Waals surface area contributed by atoms with E-state index in [1.807, 2.05) is 53.4 Å². The van der Waals surface area contributed by atoms with E-state index in [0.29, 0.717) is 30.8 Å². The molecule has 0 N–H and O–H groups in total. The molecule has 3 aromatic heterocycles. The van der Waals surface area contributed by atoms with Crippen LogP contribution < -0.4 is 10.3 Å². The Morgan fingerprint density at radius 2 is 2.00 bits per heavy atom. The van der Waals surface area contributed by atoms with Crippen LogP contribution in [0.15, 0.2) is 70.4 Å². The molecule has 0 saturated carbocycles. The summed E-state index contributed by atoms with van der Waals surface area (Å²) in [6.07, 6.45) is 3.48. The number of benzene rings is 1. The van der Waals surface area contributed by atoms with Gasteiger partial charge < -0.3 is 14.2 Å². The van der Waals surface area contributed by atoms with Gasteiger partial charge in [-0.05, 0) is 34.5 Å². The van der Waals surface area contributed by atoms with Gasteiger partial charge in [-0.25, -0.2) is 4.68 Å². The summed E-state index contributed by atoms with van der Waals surface area (Å²) in [6, 6.07) is 13.1. The van der Waals surface area contributed by atoms with E-state index >= 15 is 0 Å². The second kappa shape index (κ2) is 8.43. The third-order valence-electron chi connectivity index (χ3n) is 5.50. The smallest absolute Gasteiger partial charge is 0.256 e. The Morgan fingerprint density at radius 3 is 2.75 bits per heavy atom. The summed E-state index contributed by atoms with van der Waals surface area (Å²) in [6.45, 7) is 1.40. The van der Waals surface area contributed by atoms with Gasteiger partial charge in [-0.2, -0.15) is 11.3 Å². The van der Waals surface area contributed by atoms with Crippen molar-refractivity contribution in [2.24, 2.45) is 7.05 Å². The maximum absolute atomic E-state index is 13.2. The van der Waals surface area contributed by atoms with Gasteiger partial charge in [0.25, 0.3) is 11.5 Å². The molecule has 162 valence electrons. The Morgan fingerprint density at radius 1 is 1.19 bits per heavy atom. The van der Waals surface area contributed by atoms with Crippen molar-refractivity contribution in [2.75, 3.05) is 13.1 Å². The molecule has 32 heavy (non-hydrogen) atoms. The zero-order valence-electron chi connectivity index (χ0n) is 17.4. The first-order valence-corrected chi connectivity index (χ1v) is 11.1. The molecule has 0 aliphatic carbocycles. The number of carbonyl (C=O) groups is 1. The van der Waals surface area contributed by atoms with E-state index in [-0.39, 0.29) is 17.5 Å². The fraction of sp³-hybridized carbons (Fsp3) is 0.217. The molecule has 1 aliphatic rings. The number of aryl methyl sites for hydroxylation is 1. The first-order valence-electron chi connectivity index (χ1n) is 10.2. The predicted molar refractivity (Wildman–Crippen MR) is 121 cm³/mol. The standard InChI is InChI=1S/C23H21N5O3S/c1-26-13-21(20(9-22(26)29)16-7-8-32-15-16)23(30)27-11-18(12-27)28-10-17(24-25-28)14-31-19-5-3-2-4-6-19/h2-10,13,15,18H,11-12,14H2,1H3. The Kier molecular flexibility index (Phi) is 5.32. The van der Waals surface area contributed by atoms with Crippen molar-refractivity contribution in [1.29, 1.82) is 0 Å². The van der Waals surface area contributed by atoms with E-state index in [1.165, 1.54) is 22.0 Å². The van der Waals surface area contributed by atoms with E-state index in [2.05, 4.69) is 10.3 Å². The van der Waals surface area contributed by atoms with Crippen molar-refractivity contribution < 1.29 is 9.53 Å². The fourth-order valence-electron chi connectivity index (χ4n) is 3.65. The number of carbonyl (C=O) groups excluding carboxylic acids is 1. The summed E-state index contributed by atoms with van der Waals surface area (Å²) in [5, 5.41) is 12.3. The number of thiophene rings is 1. The molecule has 4 heterocycles. The number of pyridine rings is 1. The molecule has 0 spiro atoms. The average Bonchev–Trinajstić information content (AvgIpc) is 3.46. The van der Waals surface area contributed by atoms with Gasteiger partial charge in [-0.3, -0.25) is 9.59 Å². The van der Waals surface area contributed by atoms with Gasteiger partial charge >= 0.3 is 0 Å². The van der Waals surface area contributed by atoms with Gasteiger partial charge in [0.1, 0.15) is 18.1 Å². The topological polar surface area (TPSA) is 82.2 Å². The minimum atomic E-state index is -0.142. The molecule has 1 aliphatic heterocycles. The quantitative estimate of drug-likeness (QED) is 0.454. The number of amides is 1.